The summed E-state index contributed by atoms with van der Waals surface area (Å²) in [5.41, 5.74) is -1.82. The molecule has 2 aromatic rings. The molecule has 0 saturated carbocycles. The molecule has 1 amide bonds. The van der Waals surface area contributed by atoms with E-state index < -0.39 is 57.1 Å². The van der Waals surface area contributed by atoms with E-state index >= 15 is 0 Å². The quantitative estimate of drug-likeness (QED) is 0.627. The van der Waals surface area contributed by atoms with Gasteiger partial charge in [-0.05, 0) is 23.8 Å². The number of carboxylic acid groups (broad SMARTS) is 1. The number of nitrogens with one attached hydrogen (secondary N) is 1. The fourth-order valence-corrected chi connectivity index (χ4v) is 4.25. The molecule has 0 spiro atoms. The summed E-state index contributed by atoms with van der Waals surface area (Å²) in [5.74, 6) is -4.64. The first-order chi connectivity index (χ1) is 15.0. The van der Waals surface area contributed by atoms with Gasteiger partial charge in [0.2, 0.25) is 15.9 Å². The number of carbonyl (C=O) groups excluding carboxylic acids is 1. The zero-order valence-corrected chi connectivity index (χ0v) is 16.9. The zero-order chi connectivity index (χ0) is 23.6. The van der Waals surface area contributed by atoms with Gasteiger partial charge in [-0.15, -0.1) is 0 Å². The smallest absolute Gasteiger partial charge is 0.337 e. The highest BCUT2D eigenvalue weighted by Crippen LogP contribution is 2.31. The number of carboxylic acids is 1. The number of nitriles is 1. The molecule has 0 aliphatic carbocycles. The number of pyridine rings is 1. The summed E-state index contributed by atoms with van der Waals surface area (Å²) in [6.07, 6.45) is -3.20. The summed E-state index contributed by atoms with van der Waals surface area (Å²) in [6.45, 7) is -0.233. The number of hydrogen-bond acceptors (Lipinski definition) is 7. The average Bonchev–Trinajstić information content (AvgIpc) is 2.67. The fourth-order valence-electron chi connectivity index (χ4n) is 3.07. The Morgan fingerprint density at radius 3 is 2.44 bits per heavy atom. The van der Waals surface area contributed by atoms with Crippen molar-refractivity contribution in [3.8, 4) is 6.07 Å². The molecule has 1 aliphatic rings. The van der Waals surface area contributed by atoms with Crippen LogP contribution < -0.4 is 9.62 Å². The third-order valence-electron chi connectivity index (χ3n) is 4.67. The van der Waals surface area contributed by atoms with Gasteiger partial charge in [-0.25, -0.2) is 31.4 Å². The van der Waals surface area contributed by atoms with Crippen molar-refractivity contribution in [2.24, 2.45) is 5.92 Å². The van der Waals surface area contributed by atoms with Crippen molar-refractivity contribution in [2.45, 2.75) is 12.2 Å². The van der Waals surface area contributed by atoms with Gasteiger partial charge in [0.1, 0.15) is 23.4 Å². The Labute approximate surface area is 180 Å². The first-order valence-corrected chi connectivity index (χ1v) is 10.7. The van der Waals surface area contributed by atoms with Crippen LogP contribution in [0.25, 0.3) is 0 Å². The van der Waals surface area contributed by atoms with Crippen LogP contribution in [0.4, 0.5) is 19.0 Å². The molecule has 3 rings (SSSR count). The summed E-state index contributed by atoms with van der Waals surface area (Å²) < 4.78 is 65.6. The summed E-state index contributed by atoms with van der Waals surface area (Å²) in [7, 11) is -4.07. The summed E-state index contributed by atoms with van der Waals surface area (Å²) in [6, 6.07) is 7.16. The number of benzene rings is 1. The van der Waals surface area contributed by atoms with Crippen molar-refractivity contribution in [2.75, 3.05) is 18.0 Å². The minimum absolute atomic E-state index is 0.116. The number of alkyl halides is 2. The van der Waals surface area contributed by atoms with Gasteiger partial charge < -0.3 is 10.0 Å². The monoisotopic (exact) mass is 468 g/mol. The third-order valence-corrected chi connectivity index (χ3v) is 5.89. The molecule has 0 radical (unpaired) electrons. The average molecular weight is 468 g/mol. The highest BCUT2D eigenvalue weighted by Gasteiger charge is 2.37. The van der Waals surface area contributed by atoms with Crippen molar-refractivity contribution in [1.82, 2.24) is 9.71 Å². The van der Waals surface area contributed by atoms with Gasteiger partial charge in [-0.1, -0.05) is 12.1 Å². The molecule has 0 atom stereocenters. The first-order valence-electron chi connectivity index (χ1n) is 9.01. The maximum absolute atomic E-state index is 13.2. The van der Waals surface area contributed by atoms with Crippen LogP contribution in [0.3, 0.4) is 0 Å². The van der Waals surface area contributed by atoms with Gasteiger partial charge in [0, 0.05) is 13.1 Å². The number of halogens is 3. The number of nitrogens with zero attached hydrogens (tertiary/aromatic N) is 3. The van der Waals surface area contributed by atoms with Crippen LogP contribution in [0.1, 0.15) is 33.6 Å². The van der Waals surface area contributed by atoms with Crippen molar-refractivity contribution in [3.63, 3.8) is 0 Å². The molecule has 1 aliphatic heterocycles. The van der Waals surface area contributed by atoms with E-state index in [-0.39, 0.29) is 30.0 Å². The van der Waals surface area contributed by atoms with E-state index in [0.717, 1.165) is 18.2 Å². The van der Waals surface area contributed by atoms with Crippen LogP contribution in [0.15, 0.2) is 30.3 Å². The summed E-state index contributed by atoms with van der Waals surface area (Å²) in [4.78, 5) is 28.3. The SMILES string of the molecule is N#Cc1cc(C(=O)O)c(C(F)F)nc1N1CC(C(=O)NS(=O)(=O)Cc2ccc(F)cc2)C1. The second-order valence-corrected chi connectivity index (χ2v) is 8.69. The molecule has 32 heavy (non-hydrogen) atoms. The maximum atomic E-state index is 13.2. The van der Waals surface area contributed by atoms with Gasteiger partial charge in [0.25, 0.3) is 6.43 Å². The molecular formula is C19H15F3N4O5S. The van der Waals surface area contributed by atoms with E-state index in [9.17, 15) is 36.4 Å². The van der Waals surface area contributed by atoms with Gasteiger partial charge in [0.05, 0.1) is 22.8 Å². The van der Waals surface area contributed by atoms with E-state index in [0.29, 0.717) is 0 Å². The van der Waals surface area contributed by atoms with Crippen LogP contribution in [0, 0.1) is 23.1 Å². The van der Waals surface area contributed by atoms with Crippen molar-refractivity contribution in [1.29, 1.82) is 5.26 Å². The van der Waals surface area contributed by atoms with Crippen molar-refractivity contribution >= 4 is 27.7 Å². The van der Waals surface area contributed by atoms with E-state index in [2.05, 4.69) is 4.98 Å². The lowest BCUT2D eigenvalue weighted by atomic mass is 9.98. The summed E-state index contributed by atoms with van der Waals surface area (Å²) in [5, 5.41) is 18.3. The second-order valence-electron chi connectivity index (χ2n) is 6.96. The molecule has 168 valence electrons. The Morgan fingerprint density at radius 2 is 1.91 bits per heavy atom. The minimum atomic E-state index is -4.07. The largest absolute Gasteiger partial charge is 0.478 e. The molecule has 1 fully saturated rings. The van der Waals surface area contributed by atoms with Crippen molar-refractivity contribution in [3.05, 3.63) is 58.5 Å². The lowest BCUT2D eigenvalue weighted by Crippen LogP contribution is -2.55. The number of sulfonamides is 1. The van der Waals surface area contributed by atoms with E-state index in [1.165, 1.54) is 17.0 Å². The Kier molecular flexibility index (Phi) is 6.35. The molecule has 2 heterocycles. The van der Waals surface area contributed by atoms with E-state index in [4.69, 9.17) is 5.11 Å². The Morgan fingerprint density at radius 1 is 1.28 bits per heavy atom. The van der Waals surface area contributed by atoms with Crippen molar-refractivity contribution < 1.29 is 36.3 Å². The number of amides is 1. The highest BCUT2D eigenvalue weighted by molar-refractivity contribution is 7.89. The van der Waals surface area contributed by atoms with Gasteiger partial charge in [-0.3, -0.25) is 9.52 Å². The number of aromatic nitrogens is 1. The number of aromatic carboxylic acids is 1. The predicted molar refractivity (Wildman–Crippen MR) is 104 cm³/mol. The molecule has 1 saturated heterocycles. The van der Waals surface area contributed by atoms with Crippen LogP contribution in [-0.4, -0.2) is 43.5 Å². The molecule has 1 aromatic carbocycles. The fraction of sp³-hybridized carbons (Fsp3) is 0.263. The normalized spacial score (nSPS) is 14.0. The van der Waals surface area contributed by atoms with Crippen LogP contribution in [0.2, 0.25) is 0 Å². The van der Waals surface area contributed by atoms with Gasteiger partial charge in [0.15, 0.2) is 0 Å². The number of rotatable bonds is 7. The topological polar surface area (TPSA) is 140 Å². The molecule has 0 unspecified atom stereocenters. The lowest BCUT2D eigenvalue weighted by molar-refractivity contribution is -0.123. The van der Waals surface area contributed by atoms with E-state index in [1.54, 1.807) is 6.07 Å². The molecule has 13 heteroatoms. The van der Waals surface area contributed by atoms with Gasteiger partial charge in [-0.2, -0.15) is 5.26 Å². The van der Waals surface area contributed by atoms with Crippen LogP contribution in [-0.2, 0) is 20.6 Å². The third kappa shape index (κ3) is 4.97. The molecular weight excluding hydrogens is 453 g/mol. The standard InChI is InChI=1S/C19H15F3N4O5S/c20-13-3-1-10(2-4-13)9-32(30,31)25-18(27)12-7-26(8-12)17-11(6-23)5-14(19(28)29)15(24-17)16(21)22/h1-5,12,16H,7-9H2,(H,25,27)(H,28,29). The summed E-state index contributed by atoms with van der Waals surface area (Å²) >= 11 is 0. The Hall–Kier alpha value is -3.66. The van der Waals surface area contributed by atoms with Crippen LogP contribution in [0.5, 0.6) is 0 Å². The molecule has 2 N–H and O–H groups in total. The zero-order valence-electron chi connectivity index (χ0n) is 16.1. The number of anilines is 1. The Bertz CT molecular complexity index is 1210. The van der Waals surface area contributed by atoms with Gasteiger partial charge >= 0.3 is 5.97 Å². The molecule has 9 nitrogen and oxygen atoms in total. The van der Waals surface area contributed by atoms with E-state index in [1.807, 2.05) is 4.72 Å². The Balaban J connectivity index is 1.69. The second kappa shape index (κ2) is 8.83. The first kappa shape index (κ1) is 23.0. The lowest BCUT2D eigenvalue weighted by Gasteiger charge is -2.39. The minimum Gasteiger partial charge on any atom is -0.478 e. The maximum Gasteiger partial charge on any atom is 0.337 e. The molecule has 0 bridgehead atoms. The number of hydrogen-bond donors (Lipinski definition) is 2. The predicted octanol–water partition coefficient (Wildman–Crippen LogP) is 1.81. The van der Waals surface area contributed by atoms with Crippen LogP contribution >= 0.6 is 0 Å². The number of carbonyl (C=O) groups is 2. The highest BCUT2D eigenvalue weighted by atomic mass is 32.2. The molecule has 1 aromatic heterocycles.